The molecule has 3 nitrogen and oxygen atoms in total. The number of hydrogen-bond donors (Lipinski definition) is 0. The molecule has 20 heavy (non-hydrogen) atoms. The SMILES string of the molecule is COC(=O)c1ccccc1CS(=O)c1ccc(F)cc1. The van der Waals surface area contributed by atoms with Crippen LogP contribution in [0.2, 0.25) is 0 Å². The average molecular weight is 292 g/mol. The number of hydrogen-bond acceptors (Lipinski definition) is 3. The molecule has 0 N–H and O–H groups in total. The van der Waals surface area contributed by atoms with Gasteiger partial charge < -0.3 is 4.74 Å². The smallest absolute Gasteiger partial charge is 0.338 e. The summed E-state index contributed by atoms with van der Waals surface area (Å²) in [5.41, 5.74) is 1.03. The Morgan fingerprint density at radius 2 is 1.80 bits per heavy atom. The number of methoxy groups -OCH3 is 1. The van der Waals surface area contributed by atoms with Crippen LogP contribution in [0.3, 0.4) is 0 Å². The minimum atomic E-state index is -1.35. The summed E-state index contributed by atoms with van der Waals surface area (Å²) in [7, 11) is -0.0443. The van der Waals surface area contributed by atoms with Crippen molar-refractivity contribution < 1.29 is 18.1 Å². The summed E-state index contributed by atoms with van der Waals surface area (Å²) in [5, 5.41) is 0. The lowest BCUT2D eigenvalue weighted by atomic mass is 10.1. The maximum absolute atomic E-state index is 12.8. The van der Waals surface area contributed by atoms with Crippen LogP contribution in [-0.4, -0.2) is 17.3 Å². The predicted octanol–water partition coefficient (Wildman–Crippen LogP) is 2.92. The molecule has 1 atom stereocenters. The van der Waals surface area contributed by atoms with Gasteiger partial charge in [0.15, 0.2) is 0 Å². The third kappa shape index (κ3) is 3.30. The van der Waals surface area contributed by atoms with Crippen molar-refractivity contribution in [2.24, 2.45) is 0 Å². The van der Waals surface area contributed by atoms with E-state index < -0.39 is 16.8 Å². The molecule has 0 aromatic heterocycles. The number of carbonyl (C=O) groups is 1. The molecule has 0 radical (unpaired) electrons. The molecule has 2 aromatic rings. The number of ether oxygens (including phenoxy) is 1. The Labute approximate surface area is 118 Å². The van der Waals surface area contributed by atoms with E-state index in [2.05, 4.69) is 0 Å². The molecule has 104 valence electrons. The normalized spacial score (nSPS) is 11.9. The first-order valence-corrected chi connectivity index (χ1v) is 7.24. The second-order valence-corrected chi connectivity index (χ2v) is 5.54. The molecule has 0 spiro atoms. The Bertz CT molecular complexity index is 638. The fourth-order valence-corrected chi connectivity index (χ4v) is 2.91. The first-order chi connectivity index (χ1) is 9.61. The van der Waals surface area contributed by atoms with Crippen LogP contribution in [0.25, 0.3) is 0 Å². The zero-order valence-electron chi connectivity index (χ0n) is 10.8. The molecule has 0 fully saturated rings. The van der Waals surface area contributed by atoms with E-state index in [1.54, 1.807) is 24.3 Å². The van der Waals surface area contributed by atoms with Crippen LogP contribution in [0.4, 0.5) is 4.39 Å². The van der Waals surface area contributed by atoms with Crippen LogP contribution in [-0.2, 0) is 21.3 Å². The number of benzene rings is 2. The van der Waals surface area contributed by atoms with Gasteiger partial charge in [0.05, 0.1) is 29.2 Å². The third-order valence-electron chi connectivity index (χ3n) is 2.79. The fraction of sp³-hybridized carbons (Fsp3) is 0.133. The Hall–Kier alpha value is -2.01. The molecule has 0 aliphatic carbocycles. The Morgan fingerprint density at radius 3 is 2.45 bits per heavy atom. The van der Waals surface area contributed by atoms with Crippen molar-refractivity contribution in [1.29, 1.82) is 0 Å². The van der Waals surface area contributed by atoms with Crippen LogP contribution in [0.5, 0.6) is 0 Å². The summed E-state index contributed by atoms with van der Waals surface area (Å²) in [6, 6.07) is 12.3. The van der Waals surface area contributed by atoms with Crippen molar-refractivity contribution >= 4 is 16.8 Å². The summed E-state index contributed by atoms with van der Waals surface area (Å²) in [5.74, 6) is -0.658. The van der Waals surface area contributed by atoms with Gasteiger partial charge >= 0.3 is 5.97 Å². The molecule has 2 rings (SSSR count). The highest BCUT2D eigenvalue weighted by molar-refractivity contribution is 7.84. The minimum Gasteiger partial charge on any atom is -0.465 e. The van der Waals surface area contributed by atoms with Gasteiger partial charge in [0, 0.05) is 4.90 Å². The van der Waals surface area contributed by atoms with Crippen molar-refractivity contribution in [1.82, 2.24) is 0 Å². The maximum atomic E-state index is 12.8. The Morgan fingerprint density at radius 1 is 1.15 bits per heavy atom. The predicted molar refractivity (Wildman–Crippen MR) is 74.3 cm³/mol. The van der Waals surface area contributed by atoms with Crippen molar-refractivity contribution in [2.45, 2.75) is 10.6 Å². The van der Waals surface area contributed by atoms with E-state index >= 15 is 0 Å². The van der Waals surface area contributed by atoms with Crippen molar-refractivity contribution in [3.05, 3.63) is 65.5 Å². The van der Waals surface area contributed by atoms with E-state index in [1.807, 2.05) is 0 Å². The fourth-order valence-electron chi connectivity index (χ4n) is 1.77. The second kappa shape index (κ2) is 6.43. The Kier molecular flexibility index (Phi) is 4.63. The molecule has 5 heteroatoms. The standard InChI is InChI=1S/C15H13FO3S/c1-19-15(17)14-5-3-2-4-11(14)10-20(18)13-8-6-12(16)7-9-13/h2-9H,10H2,1H3. The highest BCUT2D eigenvalue weighted by atomic mass is 32.2. The van der Waals surface area contributed by atoms with Gasteiger partial charge in [-0.05, 0) is 35.9 Å². The van der Waals surface area contributed by atoms with Crippen LogP contribution in [0, 0.1) is 5.82 Å². The average Bonchev–Trinajstić information content (AvgIpc) is 2.47. The van der Waals surface area contributed by atoms with Crippen LogP contribution in [0.15, 0.2) is 53.4 Å². The summed E-state index contributed by atoms with van der Waals surface area (Å²) < 4.78 is 29.8. The zero-order chi connectivity index (χ0) is 14.5. The molecule has 0 amide bonds. The van der Waals surface area contributed by atoms with Crippen LogP contribution in [0.1, 0.15) is 15.9 Å². The van der Waals surface area contributed by atoms with Crippen molar-refractivity contribution in [3.8, 4) is 0 Å². The van der Waals surface area contributed by atoms with Gasteiger partial charge in [-0.1, -0.05) is 18.2 Å². The Balaban J connectivity index is 2.24. The van der Waals surface area contributed by atoms with Gasteiger partial charge in [0.25, 0.3) is 0 Å². The second-order valence-electron chi connectivity index (χ2n) is 4.09. The number of rotatable bonds is 4. The molecule has 2 aromatic carbocycles. The van der Waals surface area contributed by atoms with Crippen LogP contribution >= 0.6 is 0 Å². The monoisotopic (exact) mass is 292 g/mol. The van der Waals surface area contributed by atoms with E-state index in [-0.39, 0.29) is 11.6 Å². The van der Waals surface area contributed by atoms with Gasteiger partial charge in [0.2, 0.25) is 0 Å². The third-order valence-corrected chi connectivity index (χ3v) is 4.16. The largest absolute Gasteiger partial charge is 0.465 e. The first kappa shape index (κ1) is 14.4. The quantitative estimate of drug-likeness (QED) is 0.814. The number of halogens is 1. The molecule has 0 saturated carbocycles. The van der Waals surface area contributed by atoms with E-state index in [0.29, 0.717) is 16.0 Å². The number of esters is 1. The summed E-state index contributed by atoms with van der Waals surface area (Å²) in [4.78, 5) is 12.1. The molecule has 0 aliphatic heterocycles. The van der Waals surface area contributed by atoms with E-state index in [0.717, 1.165) is 0 Å². The lowest BCUT2D eigenvalue weighted by molar-refractivity contribution is 0.0600. The topological polar surface area (TPSA) is 43.4 Å². The zero-order valence-corrected chi connectivity index (χ0v) is 11.7. The molecule has 0 bridgehead atoms. The van der Waals surface area contributed by atoms with Crippen molar-refractivity contribution in [2.75, 3.05) is 7.11 Å². The summed E-state index contributed by atoms with van der Waals surface area (Å²) in [6.45, 7) is 0. The lowest BCUT2D eigenvalue weighted by Gasteiger charge is -2.07. The highest BCUT2D eigenvalue weighted by Gasteiger charge is 2.14. The molecule has 0 heterocycles. The molecular formula is C15H13FO3S. The van der Waals surface area contributed by atoms with Gasteiger partial charge in [-0.3, -0.25) is 4.21 Å². The number of carbonyl (C=O) groups excluding carboxylic acids is 1. The summed E-state index contributed by atoms with van der Waals surface area (Å²) in [6.07, 6.45) is 0. The molecular weight excluding hydrogens is 279 g/mol. The minimum absolute atomic E-state index is 0.177. The van der Waals surface area contributed by atoms with E-state index in [4.69, 9.17) is 4.74 Å². The summed E-state index contributed by atoms with van der Waals surface area (Å²) >= 11 is 0. The molecule has 0 saturated heterocycles. The van der Waals surface area contributed by atoms with Crippen LogP contribution < -0.4 is 0 Å². The maximum Gasteiger partial charge on any atom is 0.338 e. The molecule has 1 unspecified atom stereocenters. The van der Waals surface area contributed by atoms with Gasteiger partial charge in [-0.15, -0.1) is 0 Å². The molecule has 0 aliphatic rings. The van der Waals surface area contributed by atoms with E-state index in [1.165, 1.54) is 31.4 Å². The van der Waals surface area contributed by atoms with E-state index in [9.17, 15) is 13.4 Å². The van der Waals surface area contributed by atoms with Gasteiger partial charge in [0.1, 0.15) is 5.82 Å². The van der Waals surface area contributed by atoms with Crippen molar-refractivity contribution in [3.63, 3.8) is 0 Å². The van der Waals surface area contributed by atoms with Gasteiger partial charge in [-0.25, -0.2) is 9.18 Å². The highest BCUT2D eigenvalue weighted by Crippen LogP contribution is 2.17. The van der Waals surface area contributed by atoms with Gasteiger partial charge in [-0.2, -0.15) is 0 Å². The first-order valence-electron chi connectivity index (χ1n) is 5.92. The lowest BCUT2D eigenvalue weighted by Crippen LogP contribution is -2.07.